The van der Waals surface area contributed by atoms with E-state index in [0.717, 1.165) is 21.7 Å². The van der Waals surface area contributed by atoms with Crippen LogP contribution in [0.25, 0.3) is 11.4 Å². The third-order valence-corrected chi connectivity index (χ3v) is 3.58. The smallest absolute Gasteiger partial charge is 0.164 e. The van der Waals surface area contributed by atoms with Crippen LogP contribution in [-0.4, -0.2) is 14.8 Å². The summed E-state index contributed by atoms with van der Waals surface area (Å²) in [6, 6.07) is 6.44. The quantitative estimate of drug-likeness (QED) is 0.785. The van der Waals surface area contributed by atoms with Crippen LogP contribution in [0, 0.1) is 6.92 Å². The molecule has 2 rings (SSSR count). The monoisotopic (exact) mass is 327 g/mol. The van der Waals surface area contributed by atoms with E-state index in [2.05, 4.69) is 63.6 Å². The van der Waals surface area contributed by atoms with Crippen molar-refractivity contribution in [1.29, 1.82) is 0 Å². The van der Waals surface area contributed by atoms with Crippen LogP contribution in [0.5, 0.6) is 0 Å². The van der Waals surface area contributed by atoms with Gasteiger partial charge in [0.1, 0.15) is 5.82 Å². The Morgan fingerprint density at radius 3 is 2.67 bits per heavy atom. The standard InChI is InChI=1S/C13H15BrClN3/c1-8(2)18-12(7-15)16-17-13(18)11-6-10(14)5-4-9(11)3/h4-6,8H,7H2,1-3H3. The summed E-state index contributed by atoms with van der Waals surface area (Å²) in [5, 5.41) is 8.46. The topological polar surface area (TPSA) is 30.7 Å². The van der Waals surface area contributed by atoms with Crippen LogP contribution >= 0.6 is 27.5 Å². The lowest BCUT2D eigenvalue weighted by Gasteiger charge is -2.14. The van der Waals surface area contributed by atoms with Gasteiger partial charge in [-0.15, -0.1) is 21.8 Å². The fourth-order valence-electron chi connectivity index (χ4n) is 1.98. The highest BCUT2D eigenvalue weighted by Crippen LogP contribution is 2.28. The second-order valence-corrected chi connectivity index (χ2v) is 5.68. The van der Waals surface area contributed by atoms with Gasteiger partial charge in [-0.2, -0.15) is 0 Å². The van der Waals surface area contributed by atoms with Crippen molar-refractivity contribution in [3.8, 4) is 11.4 Å². The summed E-state index contributed by atoms with van der Waals surface area (Å²) in [6.07, 6.45) is 0. The molecule has 1 aromatic heterocycles. The van der Waals surface area contributed by atoms with Crippen LogP contribution in [-0.2, 0) is 5.88 Å². The van der Waals surface area contributed by atoms with E-state index in [9.17, 15) is 0 Å². The first-order chi connectivity index (χ1) is 8.54. The minimum absolute atomic E-state index is 0.280. The van der Waals surface area contributed by atoms with Gasteiger partial charge in [-0.05, 0) is 38.5 Å². The average Bonchev–Trinajstić information content (AvgIpc) is 2.75. The molecule has 0 spiro atoms. The number of aryl methyl sites for hydroxylation is 1. The van der Waals surface area contributed by atoms with Gasteiger partial charge in [0.2, 0.25) is 0 Å². The van der Waals surface area contributed by atoms with E-state index in [1.165, 1.54) is 5.56 Å². The molecule has 0 aliphatic carbocycles. The summed E-state index contributed by atoms with van der Waals surface area (Å²) in [7, 11) is 0. The molecule has 0 bridgehead atoms. The van der Waals surface area contributed by atoms with Crippen LogP contribution in [0.4, 0.5) is 0 Å². The van der Waals surface area contributed by atoms with E-state index in [1.54, 1.807) is 0 Å². The fourth-order valence-corrected chi connectivity index (χ4v) is 2.52. The maximum Gasteiger partial charge on any atom is 0.164 e. The molecule has 0 saturated heterocycles. The van der Waals surface area contributed by atoms with Crippen molar-refractivity contribution in [1.82, 2.24) is 14.8 Å². The molecule has 1 heterocycles. The summed E-state index contributed by atoms with van der Waals surface area (Å²) in [6.45, 7) is 6.29. The lowest BCUT2D eigenvalue weighted by atomic mass is 10.1. The summed E-state index contributed by atoms with van der Waals surface area (Å²) < 4.78 is 3.12. The third-order valence-electron chi connectivity index (χ3n) is 2.84. The zero-order valence-electron chi connectivity index (χ0n) is 10.6. The van der Waals surface area contributed by atoms with Crippen molar-refractivity contribution in [2.24, 2.45) is 0 Å². The Morgan fingerprint density at radius 1 is 1.33 bits per heavy atom. The summed E-state index contributed by atoms with van der Waals surface area (Å²) in [5.74, 6) is 2.05. The number of hydrogen-bond acceptors (Lipinski definition) is 2. The Bertz CT molecular complexity index is 563. The summed E-state index contributed by atoms with van der Waals surface area (Å²) in [4.78, 5) is 0. The summed E-state index contributed by atoms with van der Waals surface area (Å²) in [5.41, 5.74) is 2.26. The van der Waals surface area contributed by atoms with E-state index >= 15 is 0 Å². The first-order valence-electron chi connectivity index (χ1n) is 5.81. The Balaban J connectivity index is 2.63. The molecule has 0 atom stereocenters. The molecular formula is C13H15BrClN3. The first-order valence-corrected chi connectivity index (χ1v) is 7.13. The first kappa shape index (κ1) is 13.6. The maximum absolute atomic E-state index is 5.92. The van der Waals surface area contributed by atoms with Gasteiger partial charge in [0.05, 0.1) is 5.88 Å². The molecule has 1 aromatic carbocycles. The van der Waals surface area contributed by atoms with Gasteiger partial charge in [-0.1, -0.05) is 22.0 Å². The van der Waals surface area contributed by atoms with Gasteiger partial charge in [-0.3, -0.25) is 0 Å². The Labute approximate surface area is 120 Å². The molecule has 0 saturated carbocycles. The van der Waals surface area contributed by atoms with Crippen molar-refractivity contribution < 1.29 is 0 Å². The lowest BCUT2D eigenvalue weighted by molar-refractivity contribution is 0.584. The van der Waals surface area contributed by atoms with E-state index < -0.39 is 0 Å². The van der Waals surface area contributed by atoms with Crippen LogP contribution in [0.2, 0.25) is 0 Å². The number of aromatic nitrogens is 3. The van der Waals surface area contributed by atoms with E-state index in [1.807, 2.05) is 6.07 Å². The molecule has 96 valence electrons. The fraction of sp³-hybridized carbons (Fsp3) is 0.385. The van der Waals surface area contributed by atoms with Crippen molar-refractivity contribution in [3.63, 3.8) is 0 Å². The predicted molar refractivity (Wildman–Crippen MR) is 77.8 cm³/mol. The molecule has 0 aliphatic rings. The molecule has 2 aromatic rings. The number of nitrogens with zero attached hydrogens (tertiary/aromatic N) is 3. The predicted octanol–water partition coefficient (Wildman–Crippen LogP) is 4.34. The SMILES string of the molecule is Cc1ccc(Br)cc1-c1nnc(CCl)n1C(C)C. The van der Waals surface area contributed by atoms with E-state index in [0.29, 0.717) is 5.88 Å². The molecule has 0 fully saturated rings. The highest BCUT2D eigenvalue weighted by atomic mass is 79.9. The van der Waals surface area contributed by atoms with Gasteiger partial charge in [0.15, 0.2) is 5.82 Å². The van der Waals surface area contributed by atoms with E-state index in [-0.39, 0.29) is 6.04 Å². The van der Waals surface area contributed by atoms with Gasteiger partial charge < -0.3 is 4.57 Å². The molecule has 0 unspecified atom stereocenters. The van der Waals surface area contributed by atoms with Crippen molar-refractivity contribution >= 4 is 27.5 Å². The normalized spacial score (nSPS) is 11.2. The molecule has 18 heavy (non-hydrogen) atoms. The van der Waals surface area contributed by atoms with Gasteiger partial charge >= 0.3 is 0 Å². The number of hydrogen-bond donors (Lipinski definition) is 0. The molecule has 0 aliphatic heterocycles. The molecule has 0 amide bonds. The van der Waals surface area contributed by atoms with Crippen LogP contribution in [0.1, 0.15) is 31.3 Å². The minimum Gasteiger partial charge on any atom is -0.307 e. The molecular weight excluding hydrogens is 314 g/mol. The zero-order valence-corrected chi connectivity index (χ0v) is 13.0. The minimum atomic E-state index is 0.280. The van der Waals surface area contributed by atoms with Crippen LogP contribution in [0.15, 0.2) is 22.7 Å². The number of benzene rings is 1. The largest absolute Gasteiger partial charge is 0.307 e. The second-order valence-electron chi connectivity index (χ2n) is 4.50. The number of rotatable bonds is 3. The van der Waals surface area contributed by atoms with Crippen molar-refractivity contribution in [2.75, 3.05) is 0 Å². The Hall–Kier alpha value is -0.870. The lowest BCUT2D eigenvalue weighted by Crippen LogP contribution is -2.07. The van der Waals surface area contributed by atoms with Gasteiger partial charge in [-0.25, -0.2) is 0 Å². The maximum atomic E-state index is 5.92. The van der Waals surface area contributed by atoms with E-state index in [4.69, 9.17) is 11.6 Å². The molecule has 0 radical (unpaired) electrons. The molecule has 5 heteroatoms. The Kier molecular flexibility index (Phi) is 4.07. The highest BCUT2D eigenvalue weighted by molar-refractivity contribution is 9.10. The van der Waals surface area contributed by atoms with Gasteiger partial charge in [0.25, 0.3) is 0 Å². The molecule has 3 nitrogen and oxygen atoms in total. The zero-order chi connectivity index (χ0) is 13.3. The molecule has 0 N–H and O–H groups in total. The third kappa shape index (κ3) is 2.45. The Morgan fingerprint density at radius 2 is 2.06 bits per heavy atom. The van der Waals surface area contributed by atoms with Crippen molar-refractivity contribution in [2.45, 2.75) is 32.7 Å². The van der Waals surface area contributed by atoms with Gasteiger partial charge in [0, 0.05) is 16.1 Å². The summed E-state index contributed by atoms with van der Waals surface area (Å²) >= 11 is 9.41. The van der Waals surface area contributed by atoms with Crippen LogP contribution in [0.3, 0.4) is 0 Å². The number of alkyl halides is 1. The highest BCUT2D eigenvalue weighted by Gasteiger charge is 2.17. The number of halogens is 2. The second kappa shape index (κ2) is 5.41. The average molecular weight is 329 g/mol. The van der Waals surface area contributed by atoms with Crippen LogP contribution < -0.4 is 0 Å². The van der Waals surface area contributed by atoms with Crippen molar-refractivity contribution in [3.05, 3.63) is 34.1 Å².